The SMILES string of the molecule is COCn1c(C2CCOCC2)nc2c(OCc3ccc(OC)cc3)c(Br)ccc21.COc1ccc(COc2c(Br)ccc3[nH]c(C4CCOCC4)nc23)cc1. The van der Waals surface area contributed by atoms with Crippen LogP contribution < -0.4 is 18.9 Å². The average molecular weight is 879 g/mol. The summed E-state index contributed by atoms with van der Waals surface area (Å²) in [5, 5.41) is 0. The van der Waals surface area contributed by atoms with Gasteiger partial charge >= 0.3 is 0 Å². The molecule has 2 saturated heterocycles. The molecule has 8 rings (SSSR count). The maximum Gasteiger partial charge on any atom is 0.161 e. The van der Waals surface area contributed by atoms with Crippen molar-refractivity contribution in [2.45, 2.75) is 57.5 Å². The van der Waals surface area contributed by atoms with Gasteiger partial charge in [-0.15, -0.1) is 0 Å². The van der Waals surface area contributed by atoms with Crippen LogP contribution in [0.3, 0.4) is 0 Å². The molecule has 0 spiro atoms. The van der Waals surface area contributed by atoms with Gasteiger partial charge in [-0.25, -0.2) is 9.97 Å². The molecule has 2 aliphatic heterocycles. The van der Waals surface area contributed by atoms with E-state index in [0.29, 0.717) is 31.8 Å². The van der Waals surface area contributed by atoms with Gasteiger partial charge in [-0.2, -0.15) is 0 Å². The number of ether oxygens (including phenoxy) is 7. The van der Waals surface area contributed by atoms with Crippen LogP contribution >= 0.6 is 31.9 Å². The molecule has 2 aliphatic rings. The number of hydrogen-bond acceptors (Lipinski definition) is 9. The number of nitrogens with zero attached hydrogens (tertiary/aromatic N) is 3. The zero-order valence-electron chi connectivity index (χ0n) is 31.3. The zero-order valence-corrected chi connectivity index (χ0v) is 34.5. The van der Waals surface area contributed by atoms with Gasteiger partial charge in [-0.05, 0) is 117 Å². The smallest absolute Gasteiger partial charge is 0.161 e. The summed E-state index contributed by atoms with van der Waals surface area (Å²) in [7, 11) is 5.03. The third-order valence-corrected chi connectivity index (χ3v) is 11.2. The highest BCUT2D eigenvalue weighted by Gasteiger charge is 2.25. The molecular weight excluding hydrogens is 832 g/mol. The first kappa shape index (κ1) is 39.1. The Labute approximate surface area is 337 Å². The van der Waals surface area contributed by atoms with Gasteiger partial charge in [0.1, 0.15) is 54.1 Å². The Morgan fingerprint density at radius 3 is 1.73 bits per heavy atom. The van der Waals surface area contributed by atoms with Gasteiger partial charge < -0.3 is 42.7 Å². The van der Waals surface area contributed by atoms with E-state index in [4.69, 9.17) is 43.1 Å². The van der Waals surface area contributed by atoms with Crippen LogP contribution in [0.1, 0.15) is 60.3 Å². The van der Waals surface area contributed by atoms with Crippen LogP contribution in [-0.4, -0.2) is 67.3 Å². The van der Waals surface area contributed by atoms with E-state index in [2.05, 4.69) is 47.5 Å². The summed E-state index contributed by atoms with van der Waals surface area (Å²) in [6.07, 6.45) is 3.94. The van der Waals surface area contributed by atoms with Gasteiger partial charge in [-0.1, -0.05) is 24.3 Å². The second-order valence-electron chi connectivity index (χ2n) is 13.5. The molecule has 0 bridgehead atoms. The number of nitrogens with one attached hydrogen (secondary N) is 1. The highest BCUT2D eigenvalue weighted by atomic mass is 79.9. The fourth-order valence-corrected chi connectivity index (χ4v) is 7.80. The molecule has 6 aromatic rings. The van der Waals surface area contributed by atoms with E-state index < -0.39 is 0 Å². The second kappa shape index (κ2) is 18.7. The van der Waals surface area contributed by atoms with Gasteiger partial charge in [-0.3, -0.25) is 0 Å². The molecule has 2 aromatic heterocycles. The predicted molar refractivity (Wildman–Crippen MR) is 218 cm³/mol. The van der Waals surface area contributed by atoms with E-state index in [1.165, 1.54) is 0 Å². The predicted octanol–water partition coefficient (Wildman–Crippen LogP) is 9.69. The Hall–Kier alpha value is -4.14. The summed E-state index contributed by atoms with van der Waals surface area (Å²) >= 11 is 7.24. The highest BCUT2D eigenvalue weighted by molar-refractivity contribution is 9.11. The van der Waals surface area contributed by atoms with Crippen LogP contribution in [0.15, 0.2) is 81.7 Å². The number of aromatic nitrogens is 4. The molecule has 4 heterocycles. The fourth-order valence-electron chi connectivity index (χ4n) is 6.93. The number of imidazole rings is 2. The highest BCUT2D eigenvalue weighted by Crippen LogP contribution is 2.38. The minimum Gasteiger partial charge on any atom is -0.497 e. The van der Waals surface area contributed by atoms with Crippen LogP contribution in [0.25, 0.3) is 22.1 Å². The van der Waals surface area contributed by atoms with Crippen LogP contribution in [0.4, 0.5) is 0 Å². The summed E-state index contributed by atoms with van der Waals surface area (Å²) in [6, 6.07) is 23.9. The third kappa shape index (κ3) is 9.29. The molecule has 2 fully saturated rings. The quantitative estimate of drug-likeness (QED) is 0.129. The number of fused-ring (bicyclic) bond motifs is 2. The molecule has 4 aromatic carbocycles. The molecule has 290 valence electrons. The van der Waals surface area contributed by atoms with Crippen LogP contribution in [0.2, 0.25) is 0 Å². The van der Waals surface area contributed by atoms with E-state index in [1.807, 2.05) is 66.7 Å². The molecule has 0 amide bonds. The molecule has 0 radical (unpaired) electrons. The van der Waals surface area contributed by atoms with Gasteiger partial charge in [0.05, 0.1) is 34.2 Å². The number of H-pyrrole nitrogens is 1. The Kier molecular flexibility index (Phi) is 13.3. The van der Waals surface area contributed by atoms with Gasteiger partial charge in [0, 0.05) is 45.4 Å². The maximum absolute atomic E-state index is 6.21. The first-order valence-electron chi connectivity index (χ1n) is 18.5. The molecule has 0 saturated carbocycles. The van der Waals surface area contributed by atoms with Gasteiger partial charge in [0.2, 0.25) is 0 Å². The minimum atomic E-state index is 0.361. The Bertz CT molecular complexity index is 2160. The number of methoxy groups -OCH3 is 3. The molecule has 0 atom stereocenters. The minimum absolute atomic E-state index is 0.361. The van der Waals surface area contributed by atoms with Crippen molar-refractivity contribution in [1.82, 2.24) is 19.5 Å². The van der Waals surface area contributed by atoms with Crippen molar-refractivity contribution in [2.75, 3.05) is 47.8 Å². The zero-order chi connectivity index (χ0) is 38.1. The van der Waals surface area contributed by atoms with Crippen LogP contribution in [0.5, 0.6) is 23.0 Å². The number of rotatable bonds is 12. The van der Waals surface area contributed by atoms with Crippen molar-refractivity contribution in [3.8, 4) is 23.0 Å². The Balaban J connectivity index is 0.000000170. The summed E-state index contributed by atoms with van der Waals surface area (Å²) in [4.78, 5) is 13.3. The normalized spacial score (nSPS) is 15.1. The van der Waals surface area contributed by atoms with Crippen molar-refractivity contribution in [3.05, 3.63) is 105 Å². The van der Waals surface area contributed by atoms with E-state index >= 15 is 0 Å². The largest absolute Gasteiger partial charge is 0.497 e. The van der Waals surface area contributed by atoms with Gasteiger partial charge in [0.25, 0.3) is 0 Å². The lowest BCUT2D eigenvalue weighted by Gasteiger charge is -2.22. The molecule has 1 N–H and O–H groups in total. The monoisotopic (exact) mass is 876 g/mol. The average Bonchev–Trinajstić information content (AvgIpc) is 3.84. The standard InChI is InChI=1S/C22H25BrN2O4.C20H21BrN2O3/c1-26-14-25-19-8-7-18(23)21(29-13-15-3-5-17(27-2)6-4-15)20(19)24-22(25)16-9-11-28-12-10-16;1-24-15-4-2-13(3-5-15)12-26-19-16(21)6-7-17-18(19)23-20(22-17)14-8-10-25-11-9-14/h3-8,16H,9-14H2,1-2H3;2-7,14H,8-12H2,1H3,(H,22,23). The van der Waals surface area contributed by atoms with Crippen LogP contribution in [-0.2, 0) is 34.2 Å². The molecule has 0 aliphatic carbocycles. The number of aromatic amines is 1. The summed E-state index contributed by atoms with van der Waals surface area (Å²) in [5.41, 5.74) is 5.88. The topological polar surface area (TPSA) is 111 Å². The van der Waals surface area contributed by atoms with E-state index in [9.17, 15) is 0 Å². The van der Waals surface area contributed by atoms with E-state index in [1.54, 1.807) is 21.3 Å². The van der Waals surface area contributed by atoms with Crippen molar-refractivity contribution in [2.24, 2.45) is 0 Å². The van der Waals surface area contributed by atoms with Crippen LogP contribution in [0, 0.1) is 0 Å². The van der Waals surface area contributed by atoms with E-state index in [0.717, 1.165) is 129 Å². The van der Waals surface area contributed by atoms with Gasteiger partial charge in [0.15, 0.2) is 11.5 Å². The lowest BCUT2D eigenvalue weighted by atomic mass is 9.99. The Morgan fingerprint density at radius 2 is 1.18 bits per heavy atom. The molecule has 0 unspecified atom stereocenters. The number of halogens is 2. The summed E-state index contributed by atoms with van der Waals surface area (Å²) in [6.45, 7) is 4.52. The van der Waals surface area contributed by atoms with Crippen molar-refractivity contribution in [3.63, 3.8) is 0 Å². The molecule has 55 heavy (non-hydrogen) atoms. The maximum atomic E-state index is 6.21. The lowest BCUT2D eigenvalue weighted by Crippen LogP contribution is -2.18. The number of benzene rings is 4. The lowest BCUT2D eigenvalue weighted by molar-refractivity contribution is 0.0788. The van der Waals surface area contributed by atoms with E-state index in [-0.39, 0.29) is 0 Å². The Morgan fingerprint density at radius 1 is 0.655 bits per heavy atom. The first-order chi connectivity index (χ1) is 26.9. The first-order valence-corrected chi connectivity index (χ1v) is 20.1. The molecule has 13 heteroatoms. The number of hydrogen-bond donors (Lipinski definition) is 1. The van der Waals surface area contributed by atoms with Crippen molar-refractivity contribution < 1.29 is 33.2 Å². The summed E-state index contributed by atoms with van der Waals surface area (Å²) in [5.74, 6) is 6.04. The molecular formula is C42H46Br2N4O7. The van der Waals surface area contributed by atoms with Crippen molar-refractivity contribution in [1.29, 1.82) is 0 Å². The third-order valence-electron chi connectivity index (χ3n) is 9.97. The second-order valence-corrected chi connectivity index (χ2v) is 15.2. The fraction of sp³-hybridized carbons (Fsp3) is 0.381. The summed E-state index contributed by atoms with van der Waals surface area (Å²) < 4.78 is 43.2. The van der Waals surface area contributed by atoms with Crippen molar-refractivity contribution >= 4 is 53.9 Å². The molecule has 11 nitrogen and oxygen atoms in total.